The Morgan fingerprint density at radius 1 is 1.14 bits per heavy atom. The summed E-state index contributed by atoms with van der Waals surface area (Å²) in [6, 6.07) is 3.79. The number of halogens is 1. The third-order valence-corrected chi connectivity index (χ3v) is 4.38. The zero-order chi connectivity index (χ0) is 15.8. The number of hydrogen-bond donors (Lipinski definition) is 0. The van der Waals surface area contributed by atoms with Crippen molar-refractivity contribution in [3.8, 4) is 5.75 Å². The molecular formula is C15H22BClO4. The maximum atomic E-state index is 6.30. The first-order chi connectivity index (χ1) is 9.68. The fourth-order valence-electron chi connectivity index (χ4n) is 2.17. The minimum Gasteiger partial charge on any atom is -0.466 e. The summed E-state index contributed by atoms with van der Waals surface area (Å²) in [5.41, 5.74) is 1.07. The maximum absolute atomic E-state index is 6.30. The van der Waals surface area contributed by atoms with Crippen LogP contribution >= 0.6 is 11.6 Å². The molecule has 1 aromatic carbocycles. The van der Waals surface area contributed by atoms with Crippen LogP contribution in [-0.4, -0.2) is 32.2 Å². The number of benzene rings is 1. The Labute approximate surface area is 131 Å². The van der Waals surface area contributed by atoms with Gasteiger partial charge in [-0.15, -0.1) is 0 Å². The molecule has 0 spiro atoms. The van der Waals surface area contributed by atoms with Crippen LogP contribution in [0.4, 0.5) is 0 Å². The summed E-state index contributed by atoms with van der Waals surface area (Å²) in [4.78, 5) is 0. The van der Waals surface area contributed by atoms with Gasteiger partial charge in [-0.1, -0.05) is 17.7 Å². The summed E-state index contributed by atoms with van der Waals surface area (Å²) < 4.78 is 22.5. The van der Waals surface area contributed by atoms with Crippen molar-refractivity contribution in [1.82, 2.24) is 0 Å². The third kappa shape index (κ3) is 3.21. The number of hydrogen-bond acceptors (Lipinski definition) is 4. The van der Waals surface area contributed by atoms with Gasteiger partial charge < -0.3 is 18.8 Å². The average Bonchev–Trinajstić information content (AvgIpc) is 2.57. The number of ether oxygens (including phenoxy) is 2. The normalized spacial score (nSPS) is 19.9. The van der Waals surface area contributed by atoms with Gasteiger partial charge in [-0.05, 0) is 51.7 Å². The van der Waals surface area contributed by atoms with Gasteiger partial charge in [0.2, 0.25) is 0 Å². The first-order valence-corrected chi connectivity index (χ1v) is 7.33. The zero-order valence-electron chi connectivity index (χ0n) is 13.5. The predicted molar refractivity (Wildman–Crippen MR) is 84.4 cm³/mol. The molecule has 0 atom stereocenters. The van der Waals surface area contributed by atoms with E-state index in [2.05, 4.69) is 0 Å². The molecule has 2 rings (SSSR count). The van der Waals surface area contributed by atoms with E-state index in [0.29, 0.717) is 10.8 Å². The molecule has 0 amide bonds. The van der Waals surface area contributed by atoms with Crippen molar-refractivity contribution in [2.24, 2.45) is 0 Å². The molecule has 1 fully saturated rings. The van der Waals surface area contributed by atoms with Gasteiger partial charge in [-0.3, -0.25) is 0 Å². The Balaban J connectivity index is 2.27. The van der Waals surface area contributed by atoms with Gasteiger partial charge in [0, 0.05) is 7.11 Å². The minimum atomic E-state index is -0.428. The minimum absolute atomic E-state index is 0.163. The second kappa shape index (κ2) is 5.80. The van der Waals surface area contributed by atoms with E-state index in [4.69, 9.17) is 30.4 Å². The van der Waals surface area contributed by atoms with Crippen LogP contribution in [0, 0.1) is 6.92 Å². The van der Waals surface area contributed by atoms with E-state index in [0.717, 1.165) is 11.0 Å². The van der Waals surface area contributed by atoms with E-state index in [1.54, 1.807) is 7.11 Å². The lowest BCUT2D eigenvalue weighted by molar-refractivity contribution is 0.00578. The molecule has 116 valence electrons. The van der Waals surface area contributed by atoms with Gasteiger partial charge in [0.1, 0.15) is 5.75 Å². The summed E-state index contributed by atoms with van der Waals surface area (Å²) in [6.45, 7) is 10.2. The van der Waals surface area contributed by atoms with Crippen LogP contribution in [0.1, 0.15) is 33.3 Å². The largest absolute Gasteiger partial charge is 0.494 e. The molecule has 0 saturated carbocycles. The highest BCUT2D eigenvalue weighted by Crippen LogP contribution is 2.37. The molecule has 0 N–H and O–H groups in total. The lowest BCUT2D eigenvalue weighted by Gasteiger charge is -2.32. The molecule has 1 aliphatic heterocycles. The van der Waals surface area contributed by atoms with Crippen LogP contribution in [0.15, 0.2) is 12.1 Å². The molecule has 6 heteroatoms. The summed E-state index contributed by atoms with van der Waals surface area (Å²) in [7, 11) is 1.14. The van der Waals surface area contributed by atoms with Gasteiger partial charge in [0.15, 0.2) is 6.79 Å². The van der Waals surface area contributed by atoms with E-state index in [-0.39, 0.29) is 18.0 Å². The maximum Gasteiger partial charge on any atom is 0.494 e. The van der Waals surface area contributed by atoms with Crippen LogP contribution in [-0.2, 0) is 14.0 Å². The average molecular weight is 313 g/mol. The molecule has 1 heterocycles. The van der Waals surface area contributed by atoms with E-state index in [9.17, 15) is 0 Å². The topological polar surface area (TPSA) is 36.9 Å². The molecule has 0 radical (unpaired) electrons. The summed E-state index contributed by atoms with van der Waals surface area (Å²) in [5, 5.41) is 0.525. The molecule has 21 heavy (non-hydrogen) atoms. The lowest BCUT2D eigenvalue weighted by Crippen LogP contribution is -2.41. The fourth-order valence-corrected chi connectivity index (χ4v) is 2.50. The van der Waals surface area contributed by atoms with E-state index < -0.39 is 7.12 Å². The highest BCUT2D eigenvalue weighted by molar-refractivity contribution is 6.62. The van der Waals surface area contributed by atoms with Gasteiger partial charge in [-0.25, -0.2) is 0 Å². The van der Waals surface area contributed by atoms with Crippen molar-refractivity contribution in [1.29, 1.82) is 0 Å². The molecular weight excluding hydrogens is 290 g/mol. The van der Waals surface area contributed by atoms with Crippen molar-refractivity contribution < 1.29 is 18.8 Å². The summed E-state index contributed by atoms with van der Waals surface area (Å²) in [6.07, 6.45) is 0. The van der Waals surface area contributed by atoms with Crippen LogP contribution in [0.25, 0.3) is 0 Å². The van der Waals surface area contributed by atoms with Crippen molar-refractivity contribution in [2.75, 3.05) is 13.9 Å². The molecule has 0 aromatic heterocycles. The smallest absolute Gasteiger partial charge is 0.466 e. The second-order valence-corrected chi connectivity index (χ2v) is 6.70. The van der Waals surface area contributed by atoms with Gasteiger partial charge in [-0.2, -0.15) is 0 Å². The van der Waals surface area contributed by atoms with Crippen molar-refractivity contribution in [2.45, 2.75) is 45.8 Å². The molecule has 0 unspecified atom stereocenters. The Kier molecular flexibility index (Phi) is 4.59. The standard InChI is InChI=1S/C15H22BClO4/c1-10-7-11(8-12(17)13(10)19-9-18-6)16-20-14(2,3)15(4,5)21-16/h7-8H,9H2,1-6H3. The molecule has 1 aromatic rings. The van der Waals surface area contributed by atoms with Crippen molar-refractivity contribution in [3.63, 3.8) is 0 Å². The van der Waals surface area contributed by atoms with Gasteiger partial charge >= 0.3 is 7.12 Å². The first kappa shape index (κ1) is 16.6. The monoisotopic (exact) mass is 312 g/mol. The molecule has 1 saturated heterocycles. The molecule has 0 aliphatic carbocycles. The van der Waals surface area contributed by atoms with Crippen LogP contribution in [0.3, 0.4) is 0 Å². The zero-order valence-corrected chi connectivity index (χ0v) is 14.2. The van der Waals surface area contributed by atoms with Gasteiger partial charge in [0.05, 0.1) is 16.2 Å². The van der Waals surface area contributed by atoms with E-state index >= 15 is 0 Å². The van der Waals surface area contributed by atoms with E-state index in [1.807, 2.05) is 46.8 Å². The Morgan fingerprint density at radius 3 is 2.19 bits per heavy atom. The number of aryl methyl sites for hydroxylation is 1. The quantitative estimate of drug-likeness (QED) is 0.633. The first-order valence-electron chi connectivity index (χ1n) is 6.95. The lowest BCUT2D eigenvalue weighted by atomic mass is 9.78. The third-order valence-electron chi connectivity index (χ3n) is 4.10. The van der Waals surface area contributed by atoms with Crippen LogP contribution in [0.5, 0.6) is 5.75 Å². The Bertz CT molecular complexity index is 491. The second-order valence-electron chi connectivity index (χ2n) is 6.29. The molecule has 4 nitrogen and oxygen atoms in total. The molecule has 0 bridgehead atoms. The SMILES string of the molecule is COCOc1c(C)cc(B2OC(C)(C)C(C)(C)O2)cc1Cl. The summed E-state index contributed by atoms with van der Waals surface area (Å²) in [5.74, 6) is 0.624. The summed E-state index contributed by atoms with van der Waals surface area (Å²) >= 11 is 6.30. The molecule has 1 aliphatic rings. The van der Waals surface area contributed by atoms with Crippen LogP contribution in [0.2, 0.25) is 5.02 Å². The van der Waals surface area contributed by atoms with E-state index in [1.165, 1.54) is 0 Å². The number of methoxy groups -OCH3 is 1. The van der Waals surface area contributed by atoms with Crippen LogP contribution < -0.4 is 10.2 Å². The highest BCUT2D eigenvalue weighted by Gasteiger charge is 2.51. The predicted octanol–water partition coefficient (Wildman–Crippen LogP) is 2.93. The van der Waals surface area contributed by atoms with Gasteiger partial charge in [0.25, 0.3) is 0 Å². The van der Waals surface area contributed by atoms with Crippen molar-refractivity contribution >= 4 is 24.2 Å². The number of rotatable bonds is 4. The van der Waals surface area contributed by atoms with Crippen molar-refractivity contribution in [3.05, 3.63) is 22.7 Å². The Morgan fingerprint density at radius 2 is 1.71 bits per heavy atom. The Hall–Kier alpha value is -0.745. The highest BCUT2D eigenvalue weighted by atomic mass is 35.5. The fraction of sp³-hybridized carbons (Fsp3) is 0.600.